The third-order valence-corrected chi connectivity index (χ3v) is 2.62. The number of rotatable bonds is 5. The Kier molecular flexibility index (Phi) is 7.11. The van der Waals surface area contributed by atoms with Crippen molar-refractivity contribution in [2.45, 2.75) is 6.54 Å². The molecular formula is C9H14ClNO3S. The maximum absolute atomic E-state index is 10.8. The summed E-state index contributed by atoms with van der Waals surface area (Å²) in [7, 11) is 1.56. The van der Waals surface area contributed by atoms with Crippen molar-refractivity contribution in [2.24, 2.45) is 0 Å². The fraction of sp³-hybridized carbons (Fsp3) is 0.444. The van der Waals surface area contributed by atoms with Gasteiger partial charge < -0.3 is 14.7 Å². The van der Waals surface area contributed by atoms with Crippen LogP contribution in [0.15, 0.2) is 17.5 Å². The van der Waals surface area contributed by atoms with Gasteiger partial charge >= 0.3 is 6.09 Å². The highest BCUT2D eigenvalue weighted by Gasteiger charge is 2.11. The Morgan fingerprint density at radius 2 is 2.40 bits per heavy atom. The van der Waals surface area contributed by atoms with E-state index in [1.165, 1.54) is 4.90 Å². The number of carbonyl (C=O) groups is 1. The van der Waals surface area contributed by atoms with Crippen LogP contribution in [0.4, 0.5) is 4.79 Å². The van der Waals surface area contributed by atoms with Gasteiger partial charge in [0.25, 0.3) is 0 Å². The normalized spacial score (nSPS) is 9.40. The molecule has 1 amide bonds. The van der Waals surface area contributed by atoms with Crippen molar-refractivity contribution in [2.75, 3.05) is 20.3 Å². The molecule has 86 valence electrons. The van der Waals surface area contributed by atoms with Gasteiger partial charge in [-0.2, -0.15) is 0 Å². The quantitative estimate of drug-likeness (QED) is 0.874. The van der Waals surface area contributed by atoms with Crippen molar-refractivity contribution in [3.63, 3.8) is 0 Å². The summed E-state index contributed by atoms with van der Waals surface area (Å²) in [6.45, 7) is 1.28. The van der Waals surface area contributed by atoms with E-state index >= 15 is 0 Å². The van der Waals surface area contributed by atoms with Gasteiger partial charge in [0.05, 0.1) is 13.2 Å². The molecule has 0 radical (unpaired) electrons. The van der Waals surface area contributed by atoms with Crippen LogP contribution in [0.2, 0.25) is 0 Å². The number of amides is 1. The van der Waals surface area contributed by atoms with Crippen LogP contribution in [0.5, 0.6) is 0 Å². The second-order valence-corrected chi connectivity index (χ2v) is 3.81. The largest absolute Gasteiger partial charge is 0.465 e. The molecule has 0 saturated heterocycles. The average molecular weight is 252 g/mol. The van der Waals surface area contributed by atoms with E-state index in [1.54, 1.807) is 18.4 Å². The lowest BCUT2D eigenvalue weighted by Crippen LogP contribution is -2.31. The molecule has 0 bridgehead atoms. The summed E-state index contributed by atoms with van der Waals surface area (Å²) >= 11 is 1.56. The molecule has 1 rings (SSSR count). The fourth-order valence-electron chi connectivity index (χ4n) is 1.03. The second kappa shape index (κ2) is 7.50. The molecule has 0 aliphatic rings. The highest BCUT2D eigenvalue weighted by molar-refractivity contribution is 7.09. The molecule has 0 fully saturated rings. The zero-order valence-corrected chi connectivity index (χ0v) is 10.0. The SMILES string of the molecule is COCCN(Cc1cccs1)C(=O)O.Cl. The molecule has 0 atom stereocenters. The van der Waals surface area contributed by atoms with Crippen LogP contribution in [-0.4, -0.2) is 36.4 Å². The Balaban J connectivity index is 0.00000196. The number of methoxy groups -OCH3 is 1. The highest BCUT2D eigenvalue weighted by Crippen LogP contribution is 2.11. The van der Waals surface area contributed by atoms with Crippen molar-refractivity contribution in [1.29, 1.82) is 0 Å². The second-order valence-electron chi connectivity index (χ2n) is 2.78. The topological polar surface area (TPSA) is 49.8 Å². The third kappa shape index (κ3) is 5.01. The lowest BCUT2D eigenvalue weighted by atomic mass is 10.4. The molecule has 0 aromatic carbocycles. The molecule has 1 aromatic rings. The van der Waals surface area contributed by atoms with Gasteiger partial charge in [-0.3, -0.25) is 0 Å². The smallest absolute Gasteiger partial charge is 0.407 e. The van der Waals surface area contributed by atoms with Crippen LogP contribution in [0.1, 0.15) is 4.88 Å². The molecule has 4 nitrogen and oxygen atoms in total. The van der Waals surface area contributed by atoms with E-state index < -0.39 is 6.09 Å². The number of ether oxygens (including phenoxy) is 1. The Hall–Kier alpha value is -0.780. The molecule has 0 spiro atoms. The highest BCUT2D eigenvalue weighted by atomic mass is 35.5. The van der Waals surface area contributed by atoms with E-state index in [0.29, 0.717) is 19.7 Å². The van der Waals surface area contributed by atoms with Gasteiger partial charge in [-0.15, -0.1) is 23.7 Å². The number of hydrogen-bond acceptors (Lipinski definition) is 3. The van der Waals surface area contributed by atoms with E-state index in [1.807, 2.05) is 17.5 Å². The van der Waals surface area contributed by atoms with Gasteiger partial charge in [-0.25, -0.2) is 4.79 Å². The van der Waals surface area contributed by atoms with Crippen LogP contribution < -0.4 is 0 Å². The molecule has 1 aromatic heterocycles. The first-order chi connectivity index (χ1) is 6.74. The van der Waals surface area contributed by atoms with Gasteiger partial charge in [0.15, 0.2) is 0 Å². The molecule has 15 heavy (non-hydrogen) atoms. The molecule has 0 aliphatic heterocycles. The van der Waals surface area contributed by atoms with Crippen LogP contribution >= 0.6 is 23.7 Å². The first-order valence-corrected chi connectivity index (χ1v) is 5.11. The Morgan fingerprint density at radius 3 is 2.87 bits per heavy atom. The minimum atomic E-state index is -0.907. The molecule has 1 N–H and O–H groups in total. The summed E-state index contributed by atoms with van der Waals surface area (Å²) in [5, 5.41) is 10.8. The van der Waals surface area contributed by atoms with Gasteiger partial charge in [0.1, 0.15) is 0 Å². The molecule has 0 aliphatic carbocycles. The molecule has 1 heterocycles. The Labute approximate surface area is 98.9 Å². The molecular weight excluding hydrogens is 238 g/mol. The van der Waals surface area contributed by atoms with Gasteiger partial charge in [0, 0.05) is 18.5 Å². The monoisotopic (exact) mass is 251 g/mol. The van der Waals surface area contributed by atoms with E-state index in [9.17, 15) is 4.79 Å². The maximum atomic E-state index is 10.8. The van der Waals surface area contributed by atoms with Crippen LogP contribution in [0, 0.1) is 0 Å². The number of hydrogen-bond donors (Lipinski definition) is 1. The number of halogens is 1. The lowest BCUT2D eigenvalue weighted by molar-refractivity contribution is 0.116. The van der Waals surface area contributed by atoms with Crippen molar-refractivity contribution < 1.29 is 14.6 Å². The first-order valence-electron chi connectivity index (χ1n) is 4.23. The predicted octanol–water partition coefficient (Wildman–Crippen LogP) is 2.30. The summed E-state index contributed by atoms with van der Waals surface area (Å²) in [4.78, 5) is 13.2. The van der Waals surface area contributed by atoms with E-state index in [-0.39, 0.29) is 12.4 Å². The van der Waals surface area contributed by atoms with Gasteiger partial charge in [-0.1, -0.05) is 6.07 Å². The summed E-state index contributed by atoms with van der Waals surface area (Å²) in [6, 6.07) is 3.84. The Bertz CT molecular complexity index is 279. The standard InChI is InChI=1S/C9H13NO3S.ClH/c1-13-5-4-10(9(11)12)7-8-3-2-6-14-8;/h2-3,6H,4-5,7H2,1H3,(H,11,12);1H. The zero-order valence-electron chi connectivity index (χ0n) is 8.38. The summed E-state index contributed by atoms with van der Waals surface area (Å²) in [5.74, 6) is 0. The lowest BCUT2D eigenvalue weighted by Gasteiger charge is -2.17. The maximum Gasteiger partial charge on any atom is 0.407 e. The molecule has 0 unspecified atom stereocenters. The van der Waals surface area contributed by atoms with Gasteiger partial charge in [0.2, 0.25) is 0 Å². The summed E-state index contributed by atoms with van der Waals surface area (Å²) in [6.07, 6.45) is -0.907. The average Bonchev–Trinajstić information content (AvgIpc) is 2.64. The molecule has 6 heteroatoms. The minimum absolute atomic E-state index is 0. The van der Waals surface area contributed by atoms with Crippen LogP contribution in [-0.2, 0) is 11.3 Å². The predicted molar refractivity (Wildman–Crippen MR) is 61.9 cm³/mol. The van der Waals surface area contributed by atoms with E-state index in [2.05, 4.69) is 0 Å². The van der Waals surface area contributed by atoms with Crippen LogP contribution in [0.3, 0.4) is 0 Å². The van der Waals surface area contributed by atoms with Gasteiger partial charge in [-0.05, 0) is 11.4 Å². The van der Waals surface area contributed by atoms with Crippen molar-refractivity contribution >= 4 is 29.8 Å². The minimum Gasteiger partial charge on any atom is -0.465 e. The first kappa shape index (κ1) is 14.2. The van der Waals surface area contributed by atoms with Crippen molar-refractivity contribution in [1.82, 2.24) is 4.90 Å². The number of nitrogens with zero attached hydrogens (tertiary/aromatic N) is 1. The number of thiophene rings is 1. The van der Waals surface area contributed by atoms with E-state index in [4.69, 9.17) is 9.84 Å². The third-order valence-electron chi connectivity index (χ3n) is 1.76. The summed E-state index contributed by atoms with van der Waals surface area (Å²) < 4.78 is 4.84. The Morgan fingerprint density at radius 1 is 1.67 bits per heavy atom. The van der Waals surface area contributed by atoms with Crippen LogP contribution in [0.25, 0.3) is 0 Å². The fourth-order valence-corrected chi connectivity index (χ4v) is 1.75. The van der Waals surface area contributed by atoms with Crippen molar-refractivity contribution in [3.8, 4) is 0 Å². The molecule has 0 saturated carbocycles. The number of carboxylic acid groups (broad SMARTS) is 1. The van der Waals surface area contributed by atoms with E-state index in [0.717, 1.165) is 4.88 Å². The van der Waals surface area contributed by atoms with Crippen molar-refractivity contribution in [3.05, 3.63) is 22.4 Å². The zero-order chi connectivity index (χ0) is 10.4. The summed E-state index contributed by atoms with van der Waals surface area (Å²) in [5.41, 5.74) is 0.